The molecule has 1 aromatic rings. The number of thioether (sulfide) groups is 1. The van der Waals surface area contributed by atoms with Crippen molar-refractivity contribution in [1.29, 1.82) is 0 Å². The number of aliphatic imine (C=N–C) groups is 1. The Balaban J connectivity index is 0.000000532. The molecule has 2 amide bonds. The Labute approximate surface area is 225 Å². The summed E-state index contributed by atoms with van der Waals surface area (Å²) in [6, 6.07) is 6.68. The van der Waals surface area contributed by atoms with Crippen LogP contribution in [-0.4, -0.2) is 94.9 Å². The fourth-order valence-corrected chi connectivity index (χ4v) is 6.15. The van der Waals surface area contributed by atoms with Crippen LogP contribution in [0.5, 0.6) is 0 Å². The fraction of sp³-hybridized carbons (Fsp3) is 0.500. The Bertz CT molecular complexity index is 1210. The first-order valence-corrected chi connectivity index (χ1v) is 12.6. The summed E-state index contributed by atoms with van der Waals surface area (Å²) in [7, 11) is 2.62. The number of amidine groups is 1. The number of ether oxygens (including phenoxy) is 2. The molecule has 0 radical (unpaired) electrons. The van der Waals surface area contributed by atoms with Gasteiger partial charge in [-0.1, -0.05) is 23.9 Å². The maximum atomic E-state index is 13.1. The first kappa shape index (κ1) is 29.9. The van der Waals surface area contributed by atoms with Crippen molar-refractivity contribution >= 4 is 46.7 Å². The Morgan fingerprint density at radius 2 is 1.72 bits per heavy atom. The first-order chi connectivity index (χ1) is 18.2. The SMILES string of the molecule is CCN1C(=O)[C@H]2[C@H]3CN=C(SCc4ccc(C(=O)OC)cc4)N3[C@@](C)(C(=O)OC)[C@H]2C1=O.O=C(O)C(F)(F)F. The minimum atomic E-state index is -5.08. The molecule has 1 aromatic carbocycles. The van der Waals surface area contributed by atoms with Crippen molar-refractivity contribution in [3.8, 4) is 0 Å². The summed E-state index contributed by atoms with van der Waals surface area (Å²) in [5, 5.41) is 7.73. The van der Waals surface area contributed by atoms with E-state index in [1.165, 1.54) is 30.9 Å². The molecule has 0 aromatic heterocycles. The highest BCUT2D eigenvalue weighted by Crippen LogP contribution is 2.52. The summed E-state index contributed by atoms with van der Waals surface area (Å²) in [6.07, 6.45) is -5.08. The number of fused-ring (bicyclic) bond motifs is 3. The van der Waals surface area contributed by atoms with Crippen LogP contribution in [0.4, 0.5) is 13.2 Å². The lowest BCUT2D eigenvalue weighted by atomic mass is 9.81. The predicted octanol–water partition coefficient (Wildman–Crippen LogP) is 1.95. The summed E-state index contributed by atoms with van der Waals surface area (Å²) >= 11 is 1.43. The average Bonchev–Trinajstić information content (AvgIpc) is 3.52. The van der Waals surface area contributed by atoms with E-state index in [4.69, 9.17) is 19.4 Å². The second-order valence-electron chi connectivity index (χ2n) is 8.90. The maximum absolute atomic E-state index is 13.1. The Hall–Kier alpha value is -3.62. The van der Waals surface area contributed by atoms with Gasteiger partial charge < -0.3 is 19.5 Å². The van der Waals surface area contributed by atoms with Crippen LogP contribution >= 0.6 is 11.8 Å². The number of imide groups is 1. The quantitative estimate of drug-likeness (QED) is 0.410. The number of likely N-dealkylation sites (tertiary alicyclic amines) is 1. The number of carbonyl (C=O) groups excluding carboxylic acids is 4. The predicted molar refractivity (Wildman–Crippen MR) is 130 cm³/mol. The van der Waals surface area contributed by atoms with E-state index in [1.807, 2.05) is 17.0 Å². The van der Waals surface area contributed by atoms with Gasteiger partial charge in [-0.05, 0) is 31.5 Å². The van der Waals surface area contributed by atoms with Gasteiger partial charge in [0.15, 0.2) is 5.17 Å². The molecule has 15 heteroatoms. The molecule has 0 saturated carbocycles. The smallest absolute Gasteiger partial charge is 0.475 e. The van der Waals surface area contributed by atoms with Gasteiger partial charge in [-0.2, -0.15) is 13.2 Å². The minimum Gasteiger partial charge on any atom is -0.475 e. The molecular formula is C24H26F3N3O8S. The lowest BCUT2D eigenvalue weighted by Crippen LogP contribution is -2.57. The number of esters is 2. The molecule has 1 N–H and O–H groups in total. The van der Waals surface area contributed by atoms with Gasteiger partial charge in [0, 0.05) is 12.3 Å². The second kappa shape index (κ2) is 11.2. The molecule has 0 unspecified atom stereocenters. The number of halogens is 3. The summed E-state index contributed by atoms with van der Waals surface area (Å²) in [6.45, 7) is 4.04. The number of aliphatic carboxylic acids is 1. The van der Waals surface area contributed by atoms with Crippen LogP contribution in [-0.2, 0) is 34.4 Å². The number of amides is 2. The van der Waals surface area contributed by atoms with E-state index in [1.54, 1.807) is 26.0 Å². The van der Waals surface area contributed by atoms with Gasteiger partial charge in [-0.15, -0.1) is 0 Å². The third-order valence-corrected chi connectivity index (χ3v) is 7.88. The average molecular weight is 574 g/mol. The monoisotopic (exact) mass is 573 g/mol. The molecule has 2 saturated heterocycles. The van der Waals surface area contributed by atoms with E-state index in [2.05, 4.69) is 4.99 Å². The summed E-state index contributed by atoms with van der Waals surface area (Å²) in [4.78, 5) is 67.2. The molecule has 2 fully saturated rings. The number of carboxylic acids is 1. The van der Waals surface area contributed by atoms with Crippen molar-refractivity contribution in [2.45, 2.75) is 37.4 Å². The largest absolute Gasteiger partial charge is 0.490 e. The molecule has 3 aliphatic rings. The topological polar surface area (TPSA) is 143 Å². The third kappa shape index (κ3) is 5.31. The molecule has 11 nitrogen and oxygen atoms in total. The molecule has 3 heterocycles. The zero-order valence-corrected chi connectivity index (χ0v) is 22.2. The van der Waals surface area contributed by atoms with E-state index in [0.717, 1.165) is 5.56 Å². The van der Waals surface area contributed by atoms with Crippen molar-refractivity contribution in [2.75, 3.05) is 27.3 Å². The van der Waals surface area contributed by atoms with Gasteiger partial charge in [0.25, 0.3) is 0 Å². The summed E-state index contributed by atoms with van der Waals surface area (Å²) in [5.41, 5.74) is 0.109. The number of rotatable bonds is 5. The zero-order valence-electron chi connectivity index (χ0n) is 21.4. The van der Waals surface area contributed by atoms with Crippen molar-refractivity contribution in [2.24, 2.45) is 16.8 Å². The Morgan fingerprint density at radius 3 is 2.21 bits per heavy atom. The molecule has 39 heavy (non-hydrogen) atoms. The van der Waals surface area contributed by atoms with Crippen molar-refractivity contribution in [1.82, 2.24) is 9.80 Å². The maximum Gasteiger partial charge on any atom is 0.490 e. The van der Waals surface area contributed by atoms with Crippen LogP contribution in [0.1, 0.15) is 29.8 Å². The minimum absolute atomic E-state index is 0.245. The highest BCUT2D eigenvalue weighted by molar-refractivity contribution is 8.13. The lowest BCUT2D eigenvalue weighted by Gasteiger charge is -2.37. The van der Waals surface area contributed by atoms with Gasteiger partial charge in [0.2, 0.25) is 11.8 Å². The Morgan fingerprint density at radius 1 is 1.13 bits per heavy atom. The van der Waals surface area contributed by atoms with Crippen LogP contribution < -0.4 is 0 Å². The normalized spacial score (nSPS) is 25.4. The number of alkyl halides is 3. The summed E-state index contributed by atoms with van der Waals surface area (Å²) in [5.74, 6) is -5.15. The van der Waals surface area contributed by atoms with E-state index >= 15 is 0 Å². The van der Waals surface area contributed by atoms with Crippen LogP contribution in [0.25, 0.3) is 0 Å². The molecule has 0 aliphatic carbocycles. The van der Waals surface area contributed by atoms with Gasteiger partial charge in [-0.25, -0.2) is 14.4 Å². The zero-order chi connectivity index (χ0) is 29.3. The van der Waals surface area contributed by atoms with E-state index < -0.39 is 41.5 Å². The molecule has 0 spiro atoms. The highest BCUT2D eigenvalue weighted by atomic mass is 32.2. The summed E-state index contributed by atoms with van der Waals surface area (Å²) < 4.78 is 41.5. The standard InChI is InChI=1S/C22H25N3O6S.C2HF3O2/c1-5-24-17(26)15-14-10-23-21(25(14)22(2,20(29)31-4)16(15)18(24)27)32-11-12-6-8-13(9-7-12)19(28)30-3;3-2(4,5)1(6)7/h6-9,14-16H,5,10-11H2,1-4H3;(H,6,7)/t14-,15+,16-,22-;/m1./s1. The van der Waals surface area contributed by atoms with E-state index in [9.17, 15) is 32.3 Å². The van der Waals surface area contributed by atoms with Crippen LogP contribution in [0.15, 0.2) is 29.3 Å². The number of hydrogen-bond donors (Lipinski definition) is 1. The van der Waals surface area contributed by atoms with Crippen molar-refractivity contribution in [3.05, 3.63) is 35.4 Å². The van der Waals surface area contributed by atoms with Crippen LogP contribution in [0.3, 0.4) is 0 Å². The van der Waals surface area contributed by atoms with Gasteiger partial charge >= 0.3 is 24.1 Å². The first-order valence-electron chi connectivity index (χ1n) is 11.6. The molecule has 212 valence electrons. The lowest BCUT2D eigenvalue weighted by molar-refractivity contribution is -0.192. The molecule has 4 rings (SSSR count). The number of carbonyl (C=O) groups is 5. The number of nitrogens with zero attached hydrogens (tertiary/aromatic N) is 3. The number of carboxylic acid groups (broad SMARTS) is 1. The Kier molecular flexibility index (Phi) is 8.63. The number of benzene rings is 1. The van der Waals surface area contributed by atoms with Gasteiger partial charge in [0.05, 0.1) is 44.2 Å². The van der Waals surface area contributed by atoms with Crippen molar-refractivity contribution < 1.29 is 51.7 Å². The van der Waals surface area contributed by atoms with Crippen molar-refractivity contribution in [3.63, 3.8) is 0 Å². The van der Waals surface area contributed by atoms with Crippen LogP contribution in [0.2, 0.25) is 0 Å². The molecular weight excluding hydrogens is 547 g/mol. The molecule has 4 atom stereocenters. The van der Waals surface area contributed by atoms with Gasteiger partial charge in [0.1, 0.15) is 5.54 Å². The fourth-order valence-electron chi connectivity index (χ4n) is 5.03. The number of methoxy groups -OCH3 is 2. The second-order valence-corrected chi connectivity index (χ2v) is 9.85. The third-order valence-electron chi connectivity index (χ3n) is 6.81. The van der Waals surface area contributed by atoms with Crippen LogP contribution in [0, 0.1) is 11.8 Å². The molecule has 3 aliphatic heterocycles. The van der Waals surface area contributed by atoms with Gasteiger partial charge in [-0.3, -0.25) is 19.5 Å². The van der Waals surface area contributed by atoms with E-state index in [0.29, 0.717) is 23.0 Å². The highest BCUT2D eigenvalue weighted by Gasteiger charge is 2.71. The molecule has 0 bridgehead atoms. The number of hydrogen-bond acceptors (Lipinski definition) is 10. The van der Waals surface area contributed by atoms with E-state index in [-0.39, 0.29) is 24.4 Å².